The van der Waals surface area contributed by atoms with E-state index < -0.39 is 18.4 Å². The van der Waals surface area contributed by atoms with Crippen molar-refractivity contribution in [2.45, 2.75) is 43.9 Å². The molecule has 2 aliphatic heterocycles. The van der Waals surface area contributed by atoms with Crippen molar-refractivity contribution in [1.29, 1.82) is 0 Å². The van der Waals surface area contributed by atoms with Crippen molar-refractivity contribution in [3.8, 4) is 0 Å². The number of hydrogen-bond donors (Lipinski definition) is 0. The fourth-order valence-electron chi connectivity index (χ4n) is 3.46. The van der Waals surface area contributed by atoms with Crippen molar-refractivity contribution >= 4 is 0 Å². The largest absolute Gasteiger partial charge is 0.370 e. The van der Waals surface area contributed by atoms with Crippen molar-refractivity contribution in [2.24, 2.45) is 5.11 Å². The molecule has 2 heterocycles. The maximum absolute atomic E-state index is 8.99. The molecule has 0 aromatic heterocycles. The Hall–Kier alpha value is -2.41. The van der Waals surface area contributed by atoms with Crippen LogP contribution in [0.4, 0.5) is 0 Å². The smallest absolute Gasteiger partial charge is 0.169 e. The lowest BCUT2D eigenvalue weighted by atomic mass is 9.98. The molecular formula is C20H21N3O4. The lowest BCUT2D eigenvalue weighted by Crippen LogP contribution is -2.55. The van der Waals surface area contributed by atoms with E-state index in [0.29, 0.717) is 19.8 Å². The Morgan fingerprint density at radius 3 is 2.11 bits per heavy atom. The molecule has 0 aliphatic carbocycles. The van der Waals surface area contributed by atoms with E-state index in [4.69, 9.17) is 24.5 Å². The first-order valence-electron chi connectivity index (χ1n) is 8.97. The molecule has 27 heavy (non-hydrogen) atoms. The van der Waals surface area contributed by atoms with Gasteiger partial charge in [0, 0.05) is 4.91 Å². The normalized spacial score (nSPS) is 29.3. The van der Waals surface area contributed by atoms with Gasteiger partial charge in [0.25, 0.3) is 0 Å². The first kappa shape index (κ1) is 18.0. The van der Waals surface area contributed by atoms with E-state index in [1.54, 1.807) is 0 Å². The van der Waals surface area contributed by atoms with Crippen molar-refractivity contribution in [2.75, 3.05) is 6.61 Å². The topological polar surface area (TPSA) is 85.7 Å². The predicted molar refractivity (Wildman–Crippen MR) is 97.6 cm³/mol. The second-order valence-electron chi connectivity index (χ2n) is 6.59. The quantitative estimate of drug-likeness (QED) is 0.425. The number of nitrogens with zero attached hydrogens (tertiary/aromatic N) is 3. The second-order valence-corrected chi connectivity index (χ2v) is 6.59. The second kappa shape index (κ2) is 8.52. The Morgan fingerprint density at radius 1 is 0.926 bits per heavy atom. The molecule has 140 valence electrons. The van der Waals surface area contributed by atoms with Gasteiger partial charge < -0.3 is 18.9 Å². The van der Waals surface area contributed by atoms with Gasteiger partial charge in [-0.05, 0) is 16.7 Å². The van der Waals surface area contributed by atoms with Gasteiger partial charge in [-0.15, -0.1) is 0 Å². The van der Waals surface area contributed by atoms with E-state index in [1.807, 2.05) is 60.7 Å². The summed E-state index contributed by atoms with van der Waals surface area (Å²) in [5.74, 6) is 0. The Bertz CT molecular complexity index is 782. The zero-order valence-electron chi connectivity index (χ0n) is 14.8. The summed E-state index contributed by atoms with van der Waals surface area (Å²) >= 11 is 0. The van der Waals surface area contributed by atoms with Crippen LogP contribution in [0.3, 0.4) is 0 Å². The Labute approximate surface area is 157 Å². The Morgan fingerprint density at radius 2 is 1.52 bits per heavy atom. The molecule has 5 atom stereocenters. The van der Waals surface area contributed by atoms with Crippen LogP contribution >= 0.6 is 0 Å². The number of rotatable bonds is 7. The van der Waals surface area contributed by atoms with Crippen LogP contribution in [0, 0.1) is 0 Å². The third kappa shape index (κ3) is 4.13. The molecule has 2 aliphatic rings. The molecule has 2 saturated heterocycles. The van der Waals surface area contributed by atoms with Crippen LogP contribution in [-0.2, 0) is 32.2 Å². The van der Waals surface area contributed by atoms with Crippen LogP contribution in [-0.4, -0.2) is 37.3 Å². The summed E-state index contributed by atoms with van der Waals surface area (Å²) in [5.41, 5.74) is 11.1. The van der Waals surface area contributed by atoms with E-state index in [9.17, 15) is 0 Å². The predicted octanol–water partition coefficient (Wildman–Crippen LogP) is 3.59. The molecular weight excluding hydrogens is 346 g/mol. The molecule has 0 unspecified atom stereocenters. The SMILES string of the molecule is [N-]=[N+]=N[C@H]1[C@H]2OC[C@@H](O2)[C@H](OCc2ccccc2)[C@@H]1OCc1ccccc1. The Kier molecular flexibility index (Phi) is 5.67. The van der Waals surface area contributed by atoms with Crippen molar-refractivity contribution in [3.63, 3.8) is 0 Å². The molecule has 2 aromatic rings. The number of ether oxygens (including phenoxy) is 4. The molecule has 0 amide bonds. The Balaban J connectivity index is 1.52. The minimum absolute atomic E-state index is 0.246. The lowest BCUT2D eigenvalue weighted by molar-refractivity contribution is -0.211. The van der Waals surface area contributed by atoms with Crippen LogP contribution in [0.15, 0.2) is 65.8 Å². The van der Waals surface area contributed by atoms with E-state index >= 15 is 0 Å². The average Bonchev–Trinajstić information content (AvgIpc) is 3.15. The summed E-state index contributed by atoms with van der Waals surface area (Å²) in [6.07, 6.45) is -1.67. The average molecular weight is 367 g/mol. The van der Waals surface area contributed by atoms with Crippen LogP contribution in [0.1, 0.15) is 11.1 Å². The summed E-state index contributed by atoms with van der Waals surface area (Å²) in [6.45, 7) is 1.21. The summed E-state index contributed by atoms with van der Waals surface area (Å²) < 4.78 is 23.8. The standard InChI is InChI=1S/C20H21N3O4/c21-23-22-17-19(25-12-15-9-5-2-6-10-15)18(16-13-26-20(17)27-16)24-11-14-7-3-1-4-8-14/h1-10,16-20H,11-13H2/t16-,17-,18+,19-,20+/m1/s1. The van der Waals surface area contributed by atoms with Gasteiger partial charge in [-0.2, -0.15) is 0 Å². The van der Waals surface area contributed by atoms with Crippen molar-refractivity contribution in [1.82, 2.24) is 0 Å². The summed E-state index contributed by atoms with van der Waals surface area (Å²) in [7, 11) is 0. The highest BCUT2D eigenvalue weighted by atomic mass is 16.7. The summed E-state index contributed by atoms with van der Waals surface area (Å²) in [4.78, 5) is 2.96. The van der Waals surface area contributed by atoms with Gasteiger partial charge in [0.15, 0.2) is 6.29 Å². The number of azide groups is 1. The van der Waals surface area contributed by atoms with Gasteiger partial charge in [0.1, 0.15) is 24.4 Å². The highest BCUT2D eigenvalue weighted by Gasteiger charge is 2.51. The third-order valence-corrected chi connectivity index (χ3v) is 4.79. The van der Waals surface area contributed by atoms with Crippen LogP contribution in [0.2, 0.25) is 0 Å². The van der Waals surface area contributed by atoms with Crippen molar-refractivity contribution < 1.29 is 18.9 Å². The molecule has 7 nitrogen and oxygen atoms in total. The van der Waals surface area contributed by atoms with Gasteiger partial charge in [-0.3, -0.25) is 0 Å². The third-order valence-electron chi connectivity index (χ3n) is 4.79. The molecule has 0 saturated carbocycles. The van der Waals surface area contributed by atoms with E-state index in [-0.39, 0.29) is 12.2 Å². The number of fused-ring (bicyclic) bond motifs is 2. The number of hydrogen-bond acceptors (Lipinski definition) is 5. The zero-order chi connectivity index (χ0) is 18.5. The highest BCUT2D eigenvalue weighted by molar-refractivity contribution is 5.15. The van der Waals surface area contributed by atoms with E-state index in [2.05, 4.69) is 10.0 Å². The van der Waals surface area contributed by atoms with E-state index in [0.717, 1.165) is 11.1 Å². The zero-order valence-corrected chi connectivity index (χ0v) is 14.8. The lowest BCUT2D eigenvalue weighted by Gasteiger charge is -2.38. The van der Waals surface area contributed by atoms with Crippen molar-refractivity contribution in [3.05, 3.63) is 82.2 Å². The van der Waals surface area contributed by atoms with Crippen LogP contribution < -0.4 is 0 Å². The minimum atomic E-state index is -0.599. The molecule has 2 bridgehead atoms. The fraction of sp³-hybridized carbons (Fsp3) is 0.400. The summed E-state index contributed by atoms with van der Waals surface area (Å²) in [6, 6.07) is 19.2. The minimum Gasteiger partial charge on any atom is -0.370 e. The maximum Gasteiger partial charge on any atom is 0.169 e. The molecule has 2 fully saturated rings. The maximum atomic E-state index is 8.99. The van der Waals surface area contributed by atoms with Gasteiger partial charge in [-0.25, -0.2) is 0 Å². The molecule has 4 rings (SSSR count). The van der Waals surface area contributed by atoms with Gasteiger partial charge in [-0.1, -0.05) is 65.8 Å². The van der Waals surface area contributed by atoms with Crippen LogP contribution in [0.5, 0.6) is 0 Å². The fourth-order valence-corrected chi connectivity index (χ4v) is 3.46. The first-order chi connectivity index (χ1) is 13.3. The summed E-state index contributed by atoms with van der Waals surface area (Å²) in [5, 5.41) is 3.89. The molecule has 7 heteroatoms. The molecule has 0 radical (unpaired) electrons. The van der Waals surface area contributed by atoms with E-state index in [1.165, 1.54) is 0 Å². The van der Waals surface area contributed by atoms with Gasteiger partial charge in [0.2, 0.25) is 0 Å². The monoisotopic (exact) mass is 367 g/mol. The van der Waals surface area contributed by atoms with Gasteiger partial charge in [0.05, 0.1) is 19.8 Å². The molecule has 0 N–H and O–H groups in total. The molecule has 0 spiro atoms. The first-order valence-corrected chi connectivity index (χ1v) is 8.97. The van der Waals surface area contributed by atoms with Crippen LogP contribution in [0.25, 0.3) is 10.4 Å². The van der Waals surface area contributed by atoms with Gasteiger partial charge >= 0.3 is 0 Å². The number of benzene rings is 2. The highest BCUT2D eigenvalue weighted by Crippen LogP contribution is 2.34. The molecule has 2 aromatic carbocycles.